The van der Waals surface area contributed by atoms with E-state index in [0.29, 0.717) is 0 Å². The first kappa shape index (κ1) is 11.0. The average Bonchev–Trinajstić information content (AvgIpc) is 2.63. The largest absolute Gasteiger partial charge is 0.451 e. The van der Waals surface area contributed by atoms with Gasteiger partial charge in [0.2, 0.25) is 29.4 Å². The van der Waals surface area contributed by atoms with Crippen LogP contribution < -0.4 is 11.5 Å². The molecule has 90 valence electrons. The minimum atomic E-state index is -4.63. The normalized spacial score (nSPS) is 11.7. The summed E-state index contributed by atoms with van der Waals surface area (Å²) in [5.41, 5.74) is 10.5. The smallest absolute Gasteiger partial charge is 0.368 e. The Hall–Kier alpha value is -2.46. The molecule has 0 aliphatic carbocycles. The molecule has 2 heterocycles. The van der Waals surface area contributed by atoms with Crippen LogP contribution in [-0.4, -0.2) is 30.1 Å². The van der Waals surface area contributed by atoms with Gasteiger partial charge in [0.15, 0.2) is 0 Å². The molecule has 2 aromatic rings. The zero-order chi connectivity index (χ0) is 12.6. The van der Waals surface area contributed by atoms with E-state index in [1.165, 1.54) is 0 Å². The molecule has 0 atom stereocenters. The summed E-state index contributed by atoms with van der Waals surface area (Å²) in [7, 11) is 0. The van der Waals surface area contributed by atoms with E-state index in [1.54, 1.807) is 5.10 Å². The molecule has 0 amide bonds. The Morgan fingerprint density at radius 2 is 1.47 bits per heavy atom. The molecule has 0 saturated carbocycles. The van der Waals surface area contributed by atoms with E-state index in [2.05, 4.69) is 25.0 Å². The molecule has 0 aliphatic rings. The Morgan fingerprint density at radius 3 is 1.94 bits per heavy atom. The van der Waals surface area contributed by atoms with Gasteiger partial charge in [-0.2, -0.15) is 28.1 Å². The lowest BCUT2D eigenvalue weighted by Crippen LogP contribution is -2.07. The average molecular weight is 246 g/mol. The van der Waals surface area contributed by atoms with Gasteiger partial charge >= 0.3 is 6.18 Å². The van der Waals surface area contributed by atoms with Crippen LogP contribution in [0.1, 0.15) is 5.82 Å². The number of anilines is 2. The first-order valence-corrected chi connectivity index (χ1v) is 4.13. The van der Waals surface area contributed by atoms with Gasteiger partial charge < -0.3 is 11.5 Å². The van der Waals surface area contributed by atoms with Crippen molar-refractivity contribution in [2.45, 2.75) is 6.18 Å². The SMILES string of the molecule is Nc1nc(N)nc(-c2n[nH]c(C(F)(F)F)n2)n1. The second kappa shape index (κ2) is 3.54. The third kappa shape index (κ3) is 2.21. The molecule has 8 nitrogen and oxygen atoms in total. The molecule has 5 N–H and O–H groups in total. The minimum absolute atomic E-state index is 0.231. The maximum atomic E-state index is 12.2. The van der Waals surface area contributed by atoms with Crippen LogP contribution in [0.2, 0.25) is 0 Å². The van der Waals surface area contributed by atoms with Gasteiger partial charge in [0, 0.05) is 0 Å². The number of aromatic amines is 1. The van der Waals surface area contributed by atoms with Crippen molar-refractivity contribution in [1.82, 2.24) is 30.1 Å². The Kier molecular flexibility index (Phi) is 2.30. The van der Waals surface area contributed by atoms with E-state index in [9.17, 15) is 13.2 Å². The van der Waals surface area contributed by atoms with Gasteiger partial charge in [-0.1, -0.05) is 0 Å². The molecule has 0 bridgehead atoms. The summed E-state index contributed by atoms with van der Waals surface area (Å²) in [6.07, 6.45) is -4.63. The highest BCUT2D eigenvalue weighted by atomic mass is 19.4. The van der Waals surface area contributed by atoms with Crippen LogP contribution in [0.5, 0.6) is 0 Å². The van der Waals surface area contributed by atoms with Crippen molar-refractivity contribution in [1.29, 1.82) is 0 Å². The molecule has 2 rings (SSSR count). The van der Waals surface area contributed by atoms with Gasteiger partial charge in [0.25, 0.3) is 0 Å². The maximum Gasteiger partial charge on any atom is 0.451 e. The molecule has 0 fully saturated rings. The third-order valence-corrected chi connectivity index (χ3v) is 1.62. The van der Waals surface area contributed by atoms with Crippen molar-refractivity contribution in [3.8, 4) is 11.6 Å². The van der Waals surface area contributed by atoms with Gasteiger partial charge in [-0.3, -0.25) is 5.10 Å². The standard InChI is InChI=1S/C6H5F3N8/c7-6(8,9)3-12-2(16-17-3)1-13-4(10)15-5(11)14-1/h(H,12,16,17)(H4,10,11,13,14,15). The number of nitrogen functional groups attached to an aromatic ring is 2. The minimum Gasteiger partial charge on any atom is -0.368 e. The molecule has 0 aromatic carbocycles. The van der Waals surface area contributed by atoms with Crippen molar-refractivity contribution in [2.75, 3.05) is 11.5 Å². The first-order chi connectivity index (χ1) is 7.86. The molecule has 0 radical (unpaired) electrons. The van der Waals surface area contributed by atoms with E-state index in [-0.39, 0.29) is 23.5 Å². The molecular formula is C6H5F3N8. The summed E-state index contributed by atoms with van der Waals surface area (Å²) in [5, 5.41) is 5.03. The molecule has 0 spiro atoms. The Bertz CT molecular complexity index is 526. The van der Waals surface area contributed by atoms with Crippen LogP contribution in [0.4, 0.5) is 25.1 Å². The van der Waals surface area contributed by atoms with E-state index >= 15 is 0 Å². The number of nitrogens with zero attached hydrogens (tertiary/aromatic N) is 5. The van der Waals surface area contributed by atoms with Crippen molar-refractivity contribution < 1.29 is 13.2 Å². The van der Waals surface area contributed by atoms with Crippen LogP contribution in [0, 0.1) is 0 Å². The zero-order valence-corrected chi connectivity index (χ0v) is 8.02. The van der Waals surface area contributed by atoms with E-state index in [0.717, 1.165) is 0 Å². The predicted molar refractivity (Wildman–Crippen MR) is 49.0 cm³/mol. The Labute approximate surface area is 91.3 Å². The summed E-state index contributed by atoms with van der Waals surface area (Å²) < 4.78 is 36.7. The topological polar surface area (TPSA) is 132 Å². The highest BCUT2D eigenvalue weighted by Crippen LogP contribution is 2.26. The lowest BCUT2D eigenvalue weighted by atomic mass is 10.5. The second-order valence-electron chi connectivity index (χ2n) is 2.88. The summed E-state index contributed by atoms with van der Waals surface area (Å²) >= 11 is 0. The fourth-order valence-corrected chi connectivity index (χ4v) is 0.998. The summed E-state index contributed by atoms with van der Waals surface area (Å²) in [5.74, 6) is -2.32. The molecule has 0 aliphatic heterocycles. The maximum absolute atomic E-state index is 12.2. The Morgan fingerprint density at radius 1 is 0.882 bits per heavy atom. The number of alkyl halides is 3. The number of hydrogen-bond donors (Lipinski definition) is 3. The van der Waals surface area contributed by atoms with Gasteiger partial charge in [0.1, 0.15) is 0 Å². The van der Waals surface area contributed by atoms with Crippen LogP contribution in [0.15, 0.2) is 0 Å². The highest BCUT2D eigenvalue weighted by Gasteiger charge is 2.35. The van der Waals surface area contributed by atoms with Crippen LogP contribution in [0.3, 0.4) is 0 Å². The quantitative estimate of drug-likeness (QED) is 0.636. The molecule has 11 heteroatoms. The number of rotatable bonds is 1. The fraction of sp³-hybridized carbons (Fsp3) is 0.167. The first-order valence-electron chi connectivity index (χ1n) is 4.13. The molecule has 17 heavy (non-hydrogen) atoms. The van der Waals surface area contributed by atoms with Gasteiger partial charge in [-0.15, -0.1) is 5.10 Å². The number of nitrogens with one attached hydrogen (secondary N) is 1. The Balaban J connectivity index is 2.44. The van der Waals surface area contributed by atoms with Crippen LogP contribution in [-0.2, 0) is 6.18 Å². The lowest BCUT2D eigenvalue weighted by Gasteiger charge is -1.99. The van der Waals surface area contributed by atoms with Gasteiger partial charge in [0.05, 0.1) is 0 Å². The number of H-pyrrole nitrogens is 1. The molecule has 0 unspecified atom stereocenters. The van der Waals surface area contributed by atoms with Crippen molar-refractivity contribution >= 4 is 11.9 Å². The summed E-state index contributed by atoms with van der Waals surface area (Å²) in [6, 6.07) is 0. The van der Waals surface area contributed by atoms with E-state index < -0.39 is 12.0 Å². The van der Waals surface area contributed by atoms with Gasteiger partial charge in [-0.05, 0) is 0 Å². The molecular weight excluding hydrogens is 241 g/mol. The molecule has 2 aromatic heterocycles. The van der Waals surface area contributed by atoms with Crippen molar-refractivity contribution in [3.63, 3.8) is 0 Å². The van der Waals surface area contributed by atoms with Crippen LogP contribution >= 0.6 is 0 Å². The zero-order valence-electron chi connectivity index (χ0n) is 8.02. The predicted octanol–water partition coefficient (Wildman–Crippen LogP) is -0.160. The number of hydrogen-bond acceptors (Lipinski definition) is 7. The number of aromatic nitrogens is 6. The highest BCUT2D eigenvalue weighted by molar-refractivity contribution is 5.47. The lowest BCUT2D eigenvalue weighted by molar-refractivity contribution is -0.144. The number of nitrogens with two attached hydrogens (primary N) is 2. The van der Waals surface area contributed by atoms with Crippen molar-refractivity contribution in [2.24, 2.45) is 0 Å². The third-order valence-electron chi connectivity index (χ3n) is 1.62. The van der Waals surface area contributed by atoms with E-state index in [4.69, 9.17) is 11.5 Å². The van der Waals surface area contributed by atoms with Crippen molar-refractivity contribution in [3.05, 3.63) is 5.82 Å². The van der Waals surface area contributed by atoms with E-state index in [1.807, 2.05) is 0 Å². The molecule has 0 saturated heterocycles. The van der Waals surface area contributed by atoms with Gasteiger partial charge in [-0.25, -0.2) is 4.98 Å². The number of halogens is 3. The summed E-state index contributed by atoms with van der Waals surface area (Å²) in [6.45, 7) is 0. The fourth-order valence-electron chi connectivity index (χ4n) is 0.998. The van der Waals surface area contributed by atoms with Crippen LogP contribution in [0.25, 0.3) is 11.6 Å². The summed E-state index contributed by atoms with van der Waals surface area (Å²) in [4.78, 5) is 13.8. The second-order valence-corrected chi connectivity index (χ2v) is 2.88. The monoisotopic (exact) mass is 246 g/mol.